The van der Waals surface area contributed by atoms with Crippen LogP contribution in [-0.2, 0) is 57.5 Å². The number of hydrogen-bond donors (Lipinski definition) is 9. The molecule has 0 aromatic carbocycles. The van der Waals surface area contributed by atoms with Crippen LogP contribution >= 0.6 is 0 Å². The van der Waals surface area contributed by atoms with Crippen molar-refractivity contribution in [3.8, 4) is 0 Å². The Labute approximate surface area is 542 Å². The molecule has 0 aromatic heterocycles. The molecule has 0 aromatic rings. The van der Waals surface area contributed by atoms with Crippen LogP contribution in [0.25, 0.3) is 0 Å². The van der Waals surface area contributed by atoms with E-state index in [1.807, 2.05) is 101 Å². The van der Waals surface area contributed by atoms with Gasteiger partial charge in [-0.15, -0.1) is 0 Å². The number of hydrogen-bond acceptors (Lipinski definition) is 20. The van der Waals surface area contributed by atoms with E-state index in [9.17, 15) is 28.8 Å². The molecule has 0 unspecified atom stereocenters. The van der Waals surface area contributed by atoms with Crippen molar-refractivity contribution in [2.75, 3.05) is 47.8 Å². The van der Waals surface area contributed by atoms with E-state index in [1.165, 1.54) is 50.1 Å². The molecule has 1 aliphatic rings. The minimum absolute atomic E-state index is 0. The zero-order chi connectivity index (χ0) is 70.0. The van der Waals surface area contributed by atoms with Gasteiger partial charge in [0.25, 0.3) is 0 Å². The lowest BCUT2D eigenvalue weighted by Gasteiger charge is -2.34. The van der Waals surface area contributed by atoms with Gasteiger partial charge in [0.15, 0.2) is 5.78 Å². The summed E-state index contributed by atoms with van der Waals surface area (Å²) in [5, 5.41) is 11.0. The van der Waals surface area contributed by atoms with Crippen molar-refractivity contribution in [1.82, 2.24) is 50.8 Å². The summed E-state index contributed by atoms with van der Waals surface area (Å²) in [5.41, 5.74) is 9.00. The van der Waals surface area contributed by atoms with Crippen molar-refractivity contribution in [2.45, 2.75) is 248 Å². The normalized spacial score (nSPS) is 10.8. The number of Topliss-reactive ketones (excluding diaryl/α,β-unsaturated/α-hetero) is 1. The maximum atomic E-state index is 13.7. The number of likely N-dealkylation sites (tertiary alicyclic amines) is 1. The molecule has 0 saturated carbocycles. The van der Waals surface area contributed by atoms with Crippen LogP contribution in [0, 0.1) is 47.3 Å². The van der Waals surface area contributed by atoms with Crippen molar-refractivity contribution in [3.63, 3.8) is 0 Å². The number of nitrogens with zero attached hydrogens (tertiary/aromatic N) is 3. The van der Waals surface area contributed by atoms with Crippen LogP contribution in [0.2, 0.25) is 0 Å². The van der Waals surface area contributed by atoms with E-state index in [1.54, 1.807) is 27.9 Å². The van der Waals surface area contributed by atoms with Crippen LogP contribution in [0.5, 0.6) is 0 Å². The lowest BCUT2D eigenvalue weighted by molar-refractivity contribution is -0.144. The molecular formula is C64H153N11O13. The molecule has 4 atom stereocenters. The number of amides is 4. The Hall–Kier alpha value is -5.08. The van der Waals surface area contributed by atoms with Crippen LogP contribution in [0.4, 0.5) is 0 Å². The maximum absolute atomic E-state index is 13.7. The summed E-state index contributed by atoms with van der Waals surface area (Å²) < 4.78 is 0. The van der Waals surface area contributed by atoms with Crippen molar-refractivity contribution in [3.05, 3.63) is 0 Å². The fourth-order valence-electron chi connectivity index (χ4n) is 5.42. The lowest BCUT2D eigenvalue weighted by Crippen LogP contribution is -2.54. The Morgan fingerprint density at radius 1 is 0.545 bits per heavy atom. The van der Waals surface area contributed by atoms with Gasteiger partial charge < -0.3 is 101 Å². The molecule has 1 heterocycles. The molecule has 542 valence electrons. The summed E-state index contributed by atoms with van der Waals surface area (Å²) >= 11 is 0. The van der Waals surface area contributed by atoms with E-state index in [4.69, 9.17) is 33.9 Å². The molecule has 1 aliphatic heterocycles. The molecule has 24 nitrogen and oxygen atoms in total. The van der Waals surface area contributed by atoms with Crippen LogP contribution in [0.15, 0.2) is 0 Å². The van der Waals surface area contributed by atoms with Crippen molar-refractivity contribution >= 4 is 76.4 Å². The minimum atomic E-state index is -0.777. The molecule has 0 aliphatic carbocycles. The summed E-state index contributed by atoms with van der Waals surface area (Å²) in [6.07, 6.45) is 11.3. The number of likely N-dealkylation sites (N-methyl/N-ethyl adjacent to an activating group) is 2. The third-order valence-corrected chi connectivity index (χ3v) is 11.2. The topological polar surface area (TPSA) is 474 Å². The predicted molar refractivity (Wildman–Crippen MR) is 376 cm³/mol. The largest absolute Gasteiger partial charge is 0.394 e. The van der Waals surface area contributed by atoms with Gasteiger partial charge in [-0.3, -0.25) is 24.0 Å². The summed E-state index contributed by atoms with van der Waals surface area (Å²) in [4.78, 5) is 128. The minimum Gasteiger partial charge on any atom is -0.394 e. The molecule has 1 saturated heterocycles. The van der Waals surface area contributed by atoms with Gasteiger partial charge in [-0.2, -0.15) is 0 Å². The van der Waals surface area contributed by atoms with E-state index in [0.29, 0.717) is 18.8 Å². The van der Waals surface area contributed by atoms with Crippen LogP contribution in [-0.4, -0.2) is 162 Å². The van der Waals surface area contributed by atoms with Crippen molar-refractivity contribution < 1.29 is 62.6 Å². The molecule has 0 radical (unpaired) electrons. The van der Waals surface area contributed by atoms with E-state index in [2.05, 4.69) is 92.9 Å². The average molecular weight is 1280 g/mol. The number of aliphatic hydroxyl groups is 1. The van der Waals surface area contributed by atoms with E-state index >= 15 is 0 Å². The molecule has 88 heavy (non-hydrogen) atoms. The van der Waals surface area contributed by atoms with Gasteiger partial charge in [0, 0.05) is 59.0 Å². The highest BCUT2D eigenvalue weighted by molar-refractivity contribution is 5.95. The van der Waals surface area contributed by atoms with Gasteiger partial charge in [0.1, 0.15) is 53.1 Å². The Balaban J connectivity index is -0.0000000469. The van der Waals surface area contributed by atoms with Gasteiger partial charge in [0.2, 0.25) is 23.6 Å². The van der Waals surface area contributed by atoms with E-state index < -0.39 is 18.0 Å². The first-order valence-electron chi connectivity index (χ1n) is 29.6. The molecule has 0 spiro atoms. The quantitative estimate of drug-likeness (QED) is 0.0482. The lowest BCUT2D eigenvalue weighted by atomic mass is 9.83. The molecule has 4 amide bonds. The zero-order valence-corrected chi connectivity index (χ0v) is 62.2. The van der Waals surface area contributed by atoms with Crippen LogP contribution < -0.4 is 47.5 Å². The summed E-state index contributed by atoms with van der Waals surface area (Å²) in [6.45, 7) is 58.3. The molecule has 24 heteroatoms. The monoisotopic (exact) mass is 1280 g/mol. The van der Waals surface area contributed by atoms with Crippen LogP contribution in [0.1, 0.15) is 229 Å². The SMILES string of the molecule is C=O.C=O.C=O.C=O.C=O.C=O.CC.CC(C)CCC=O.CC(C)O.CCC(C)C.CCC(C)C.CCC(C)C.CC[C@H](C)[C@H](CC(=O)[C@H](CC(C)C)NC(=O)[C@H](CC(C)C)N(C)C(=O)CN(C)C(C)=O)C(=O)N1CCCCC1.CN.CN.N.N.N.N.N. The second-order valence-electron chi connectivity index (χ2n) is 20.9. The first kappa shape index (κ1) is 136. The first-order valence-corrected chi connectivity index (χ1v) is 29.6. The molecule has 21 N–H and O–H groups in total. The number of rotatable bonds is 21. The number of nitrogens with one attached hydrogen (secondary N) is 1. The smallest absolute Gasteiger partial charge is 0.243 e. The second-order valence-corrected chi connectivity index (χ2v) is 20.9. The highest BCUT2D eigenvalue weighted by Crippen LogP contribution is 2.26. The van der Waals surface area contributed by atoms with Gasteiger partial charge in [-0.05, 0) is 108 Å². The number of piperidine rings is 1. The number of aliphatic hydroxyl groups excluding tert-OH is 1. The van der Waals surface area contributed by atoms with E-state index in [0.717, 1.165) is 75.7 Å². The van der Waals surface area contributed by atoms with Crippen molar-refractivity contribution in [1.29, 1.82) is 0 Å². The maximum Gasteiger partial charge on any atom is 0.243 e. The zero-order valence-electron chi connectivity index (χ0n) is 62.2. The third kappa shape index (κ3) is 115. The molecule has 1 fully saturated rings. The Bertz CT molecular complexity index is 1300. The number of aldehydes is 1. The fraction of sp³-hybridized carbons (Fsp3) is 0.812. The number of nitrogens with two attached hydrogens (primary N) is 2. The predicted octanol–water partition coefficient (Wildman–Crippen LogP) is 11.5. The highest BCUT2D eigenvalue weighted by atomic mass is 16.3. The Morgan fingerprint density at radius 2 is 0.852 bits per heavy atom. The third-order valence-electron chi connectivity index (χ3n) is 11.2. The Morgan fingerprint density at radius 3 is 1.08 bits per heavy atom. The molecular weight excluding hydrogens is 1130 g/mol. The standard InChI is InChI=1S/C30H54N4O5.C6H12O.3C5H12.C3H8O.C2H6.2CH5N.6CH2O.5H3N/c1-10-22(6)24(30(39)34-14-12-11-13-15-34)18-27(36)25(16-20(2)3)31-29(38)26(17-21(4)5)33(9)28(37)19-32(8)23(7)35;1-6(2)4-3-5-7;3*1-4-5(2)3;1-3(2)4;9*1-2;;;;;/h20-22,24-26H,10-19H2,1-9H3,(H,31,38);5-6H,3-4H2,1-2H3;3*5H,4H2,1-3H3;3-4H,1-2H3;1-2H3;2*2H2,1H3;6*1H2;5*1H3/t22-,24-,25-,26-;;;;;;;;;;;;;;;;;;;/m0.................../s1. The van der Waals surface area contributed by atoms with Gasteiger partial charge in [-0.25, -0.2) is 0 Å². The first-order chi connectivity index (χ1) is 39.0. The summed E-state index contributed by atoms with van der Waals surface area (Å²) in [6, 6.07) is -1.52. The van der Waals surface area contributed by atoms with E-state index in [-0.39, 0.29) is 97.0 Å². The number of ketones is 1. The molecule has 1 rings (SSSR count). The van der Waals surface area contributed by atoms with Gasteiger partial charge in [-0.1, -0.05) is 157 Å². The average Bonchev–Trinajstić information content (AvgIpc) is 3.49. The second kappa shape index (κ2) is 113. The highest BCUT2D eigenvalue weighted by Gasteiger charge is 2.36. The van der Waals surface area contributed by atoms with Gasteiger partial charge in [0.05, 0.1) is 12.6 Å². The summed E-state index contributed by atoms with van der Waals surface area (Å²) in [5.74, 6) is 2.18. The number of carbonyl (C=O) groups is 12. The van der Waals surface area contributed by atoms with Crippen molar-refractivity contribution in [2.24, 2.45) is 58.8 Å². The van der Waals surface area contributed by atoms with Crippen LogP contribution in [0.3, 0.4) is 0 Å². The summed E-state index contributed by atoms with van der Waals surface area (Å²) in [7, 11) is 6.11. The number of carbonyl (C=O) groups excluding carboxylic acids is 12. The Kier molecular flexibility index (Phi) is 175. The fourth-order valence-corrected chi connectivity index (χ4v) is 5.42. The van der Waals surface area contributed by atoms with Gasteiger partial charge >= 0.3 is 0 Å². The molecule has 0 bridgehead atoms.